The van der Waals surface area contributed by atoms with Crippen LogP contribution in [-0.2, 0) is 4.57 Å². The van der Waals surface area contributed by atoms with Gasteiger partial charge in [-0.3, -0.25) is 9.59 Å². The van der Waals surface area contributed by atoms with Crippen LogP contribution >= 0.6 is 18.7 Å². The van der Waals surface area contributed by atoms with E-state index >= 15 is 0 Å². The third-order valence-electron chi connectivity index (χ3n) is 5.67. The van der Waals surface area contributed by atoms with Crippen LogP contribution in [0.25, 0.3) is 0 Å². The molecular weight excluding hydrogens is 415 g/mol. The van der Waals surface area contributed by atoms with Gasteiger partial charge in [0.1, 0.15) is 0 Å². The molecule has 0 radical (unpaired) electrons. The first-order chi connectivity index (χ1) is 14.1. The molecule has 0 bridgehead atoms. The maximum absolute atomic E-state index is 14.6. The number of hydrogen-bond acceptors (Lipinski definition) is 3. The predicted molar refractivity (Wildman–Crippen MR) is 124 cm³/mol. The number of carbonyl (C=O) groups is 2. The van der Waals surface area contributed by atoms with Crippen LogP contribution in [-0.4, -0.2) is 11.0 Å². The minimum atomic E-state index is -4.27. The number of rotatable bonds is 5. The zero-order valence-corrected chi connectivity index (χ0v) is 19.4. The first-order valence-corrected chi connectivity index (χ1v) is 11.8. The van der Waals surface area contributed by atoms with Crippen LogP contribution in [0.4, 0.5) is 0 Å². The van der Waals surface area contributed by atoms with Crippen molar-refractivity contribution in [3.8, 4) is 0 Å². The second-order valence-corrected chi connectivity index (χ2v) is 10.5. The van der Waals surface area contributed by atoms with Crippen LogP contribution in [0, 0.1) is 34.6 Å². The zero-order valence-electron chi connectivity index (χ0n) is 17.7. The summed E-state index contributed by atoms with van der Waals surface area (Å²) >= 11 is 6.44. The molecule has 0 amide bonds. The molecule has 0 fully saturated rings. The molecule has 0 spiro atoms. The highest BCUT2D eigenvalue weighted by Crippen LogP contribution is 2.54. The summed E-state index contributed by atoms with van der Waals surface area (Å²) in [6, 6.07) is 15.2. The highest BCUT2D eigenvalue weighted by atomic mass is 35.5. The molecule has 5 heteroatoms. The maximum atomic E-state index is 14.6. The predicted octanol–water partition coefficient (Wildman–Crippen LogP) is 6.55. The van der Waals surface area contributed by atoms with Crippen LogP contribution in [0.2, 0.25) is 5.02 Å². The lowest BCUT2D eigenvalue weighted by Gasteiger charge is -2.22. The summed E-state index contributed by atoms with van der Waals surface area (Å²) in [7, 11) is -4.27. The summed E-state index contributed by atoms with van der Waals surface area (Å²) in [5.74, 6) is 0. The Morgan fingerprint density at radius 3 is 1.97 bits per heavy atom. The van der Waals surface area contributed by atoms with E-state index in [1.807, 2.05) is 33.8 Å². The lowest BCUT2D eigenvalue weighted by Crippen LogP contribution is -2.24. The Morgan fingerprint density at radius 1 is 0.733 bits per heavy atom. The van der Waals surface area contributed by atoms with Gasteiger partial charge in [-0.05, 0) is 68.5 Å². The summed E-state index contributed by atoms with van der Waals surface area (Å²) in [6.07, 6.45) is 0. The standard InChI is InChI=1S/C25H24ClO3P/c1-15-10-9-13-21(26)23(15)30(29,24(27)20-11-7-6-8-12-20)25(28)22-17(3)14-16(2)18(4)19(22)5/h6-14H,1-5H3. The van der Waals surface area contributed by atoms with Gasteiger partial charge >= 0.3 is 0 Å². The zero-order chi connectivity index (χ0) is 22.2. The Balaban J connectivity index is 2.37. The second kappa shape index (κ2) is 8.34. The average molecular weight is 439 g/mol. The smallest absolute Gasteiger partial charge is 0.250 e. The summed E-state index contributed by atoms with van der Waals surface area (Å²) in [6.45, 7) is 9.25. The van der Waals surface area contributed by atoms with Gasteiger partial charge in [0.15, 0.2) is 0 Å². The lowest BCUT2D eigenvalue weighted by atomic mass is 9.95. The number of hydrogen-bond donors (Lipinski definition) is 0. The highest BCUT2D eigenvalue weighted by molar-refractivity contribution is 8.01. The molecule has 0 saturated heterocycles. The Morgan fingerprint density at radius 2 is 1.37 bits per heavy atom. The molecule has 1 atom stereocenters. The number of carbonyl (C=O) groups excluding carboxylic acids is 2. The van der Waals surface area contributed by atoms with E-state index in [2.05, 4.69) is 0 Å². The van der Waals surface area contributed by atoms with Gasteiger partial charge < -0.3 is 4.57 Å². The minimum absolute atomic E-state index is 0.127. The van der Waals surface area contributed by atoms with Gasteiger partial charge in [0.05, 0.1) is 5.02 Å². The minimum Gasteiger partial charge on any atom is -0.302 e. The van der Waals surface area contributed by atoms with E-state index in [0.717, 1.165) is 16.7 Å². The van der Waals surface area contributed by atoms with Crippen molar-refractivity contribution in [1.82, 2.24) is 0 Å². The molecule has 1 unspecified atom stereocenters. The maximum Gasteiger partial charge on any atom is 0.250 e. The van der Waals surface area contributed by atoms with Gasteiger partial charge in [0, 0.05) is 16.4 Å². The molecule has 3 aromatic carbocycles. The third kappa shape index (κ3) is 3.57. The Hall–Kier alpha value is -2.48. The lowest BCUT2D eigenvalue weighted by molar-refractivity contribution is 0.104. The van der Waals surface area contributed by atoms with Crippen molar-refractivity contribution in [2.24, 2.45) is 0 Å². The highest BCUT2D eigenvalue weighted by Gasteiger charge is 2.46. The molecule has 3 nitrogen and oxygen atoms in total. The first kappa shape index (κ1) is 22.2. The van der Waals surface area contributed by atoms with Crippen molar-refractivity contribution in [2.75, 3.05) is 0 Å². The van der Waals surface area contributed by atoms with E-state index in [1.165, 1.54) is 0 Å². The SMILES string of the molecule is Cc1cc(C)c(C(=O)P(=O)(C(=O)c2ccccc2)c2c(C)cccc2Cl)c(C)c1C. The van der Waals surface area contributed by atoms with Crippen LogP contribution in [0.3, 0.4) is 0 Å². The molecule has 30 heavy (non-hydrogen) atoms. The summed E-state index contributed by atoms with van der Waals surface area (Å²) in [5, 5.41) is 0.289. The largest absolute Gasteiger partial charge is 0.302 e. The van der Waals surface area contributed by atoms with E-state index in [-0.39, 0.29) is 15.9 Å². The normalized spacial score (nSPS) is 13.0. The van der Waals surface area contributed by atoms with Crippen molar-refractivity contribution in [2.45, 2.75) is 34.6 Å². The van der Waals surface area contributed by atoms with E-state index < -0.39 is 18.2 Å². The quantitative estimate of drug-likeness (QED) is 0.424. The van der Waals surface area contributed by atoms with Gasteiger partial charge in [0.25, 0.3) is 0 Å². The molecule has 0 aliphatic carbocycles. The monoisotopic (exact) mass is 438 g/mol. The molecule has 0 aliphatic rings. The Bertz CT molecular complexity index is 1190. The fraction of sp³-hybridized carbons (Fsp3) is 0.200. The van der Waals surface area contributed by atoms with Crippen LogP contribution < -0.4 is 5.30 Å². The van der Waals surface area contributed by atoms with Crippen LogP contribution in [0.1, 0.15) is 48.5 Å². The van der Waals surface area contributed by atoms with Crippen molar-refractivity contribution in [3.05, 3.63) is 98.6 Å². The van der Waals surface area contributed by atoms with Crippen molar-refractivity contribution < 1.29 is 14.2 Å². The fourth-order valence-electron chi connectivity index (χ4n) is 3.85. The Labute approximate surface area is 182 Å². The third-order valence-corrected chi connectivity index (χ3v) is 8.96. The summed E-state index contributed by atoms with van der Waals surface area (Å²) < 4.78 is 14.6. The fourth-order valence-corrected chi connectivity index (χ4v) is 7.14. The van der Waals surface area contributed by atoms with Gasteiger partial charge in [0.2, 0.25) is 18.2 Å². The summed E-state index contributed by atoms with van der Waals surface area (Å²) in [5.41, 5.74) is 3.19. The first-order valence-electron chi connectivity index (χ1n) is 9.68. The van der Waals surface area contributed by atoms with Gasteiger partial charge in [-0.25, -0.2) is 0 Å². The van der Waals surface area contributed by atoms with Crippen molar-refractivity contribution >= 4 is 35.1 Å². The topological polar surface area (TPSA) is 51.2 Å². The molecule has 0 saturated carbocycles. The van der Waals surface area contributed by atoms with Gasteiger partial charge in [-0.15, -0.1) is 0 Å². The van der Waals surface area contributed by atoms with E-state index in [4.69, 9.17) is 11.6 Å². The van der Waals surface area contributed by atoms with Gasteiger partial charge in [-0.2, -0.15) is 0 Å². The number of aryl methyl sites for hydroxylation is 3. The van der Waals surface area contributed by atoms with Crippen molar-refractivity contribution in [3.63, 3.8) is 0 Å². The number of benzene rings is 3. The average Bonchev–Trinajstić information content (AvgIpc) is 2.71. The number of halogens is 1. The molecular formula is C25H24ClO3P. The van der Waals surface area contributed by atoms with E-state index in [1.54, 1.807) is 55.5 Å². The molecule has 0 N–H and O–H groups in total. The van der Waals surface area contributed by atoms with Crippen LogP contribution in [0.15, 0.2) is 54.6 Å². The van der Waals surface area contributed by atoms with Gasteiger partial charge in [-0.1, -0.05) is 60.1 Å². The second-order valence-electron chi connectivity index (χ2n) is 7.63. The van der Waals surface area contributed by atoms with E-state index in [9.17, 15) is 14.2 Å². The van der Waals surface area contributed by atoms with E-state index in [0.29, 0.717) is 16.7 Å². The molecule has 0 aliphatic heterocycles. The summed E-state index contributed by atoms with van der Waals surface area (Å²) in [4.78, 5) is 27.6. The molecule has 0 heterocycles. The molecule has 3 aromatic rings. The Kier molecular flexibility index (Phi) is 6.17. The van der Waals surface area contributed by atoms with Crippen molar-refractivity contribution in [1.29, 1.82) is 0 Å². The molecule has 3 rings (SSSR count). The molecule has 0 aromatic heterocycles. The van der Waals surface area contributed by atoms with Crippen LogP contribution in [0.5, 0.6) is 0 Å². The molecule has 154 valence electrons.